The first-order chi connectivity index (χ1) is 31.3. The Morgan fingerprint density at radius 1 is 0.687 bits per heavy atom. The molecule has 7 amide bonds. The van der Waals surface area contributed by atoms with Crippen LogP contribution in [0.15, 0.2) is 35.2 Å². The number of ketones is 1. The lowest BCUT2D eigenvalue weighted by Crippen LogP contribution is -2.61. The van der Waals surface area contributed by atoms with Crippen LogP contribution in [0.25, 0.3) is 0 Å². The number of sulfonamides is 1. The summed E-state index contributed by atoms with van der Waals surface area (Å²) in [5, 5.41) is 41.6. The molecule has 7 atom stereocenters. The summed E-state index contributed by atoms with van der Waals surface area (Å²) in [5.74, 6) is -13.9. The molecule has 0 unspecified atom stereocenters. The Morgan fingerprint density at radius 2 is 1.22 bits per heavy atom. The maximum absolute atomic E-state index is 14.6. The molecule has 0 aliphatic carbocycles. The minimum atomic E-state index is -4.06. The number of carboxylic acids is 3. The number of nitrogens with zero attached hydrogens (tertiary/aromatic N) is 1. The summed E-state index contributed by atoms with van der Waals surface area (Å²) in [4.78, 5) is 142. The van der Waals surface area contributed by atoms with Crippen LogP contribution in [0.3, 0.4) is 0 Å². The molecule has 372 valence electrons. The van der Waals surface area contributed by atoms with Crippen molar-refractivity contribution in [2.45, 2.75) is 128 Å². The number of hydrogen-bond donors (Lipinski definition) is 10. The maximum Gasteiger partial charge on any atom is 0.322 e. The van der Waals surface area contributed by atoms with Crippen molar-refractivity contribution in [3.05, 3.63) is 30.3 Å². The molecule has 1 fully saturated rings. The van der Waals surface area contributed by atoms with Gasteiger partial charge in [0, 0.05) is 32.9 Å². The van der Waals surface area contributed by atoms with Gasteiger partial charge < -0.3 is 52.1 Å². The van der Waals surface area contributed by atoms with Crippen LogP contribution in [0.5, 0.6) is 0 Å². The first-order valence-corrected chi connectivity index (χ1v) is 23.1. The Labute approximate surface area is 387 Å². The van der Waals surface area contributed by atoms with Crippen molar-refractivity contribution >= 4 is 75.1 Å². The van der Waals surface area contributed by atoms with E-state index in [-0.39, 0.29) is 43.7 Å². The van der Waals surface area contributed by atoms with Crippen molar-refractivity contribution in [3.8, 4) is 0 Å². The normalized spacial score (nSPS) is 16.9. The summed E-state index contributed by atoms with van der Waals surface area (Å²) >= 11 is 0. The first-order valence-electron chi connectivity index (χ1n) is 21.6. The van der Waals surface area contributed by atoms with Crippen molar-refractivity contribution in [1.82, 2.24) is 41.5 Å². The van der Waals surface area contributed by atoms with E-state index in [1.54, 1.807) is 26.8 Å². The molecule has 1 saturated heterocycles. The van der Waals surface area contributed by atoms with Crippen molar-refractivity contribution in [1.29, 1.82) is 0 Å². The Balaban J connectivity index is 2.46. The molecule has 1 aliphatic heterocycles. The smallest absolute Gasteiger partial charge is 0.322 e. The molecule has 67 heavy (non-hydrogen) atoms. The summed E-state index contributed by atoms with van der Waals surface area (Å²) in [6.45, 7) is 7.59. The SMILES string of the molecule is CCC[C@H](NC(=O)[C@@H]1C[C@@H](CNS(=O)(=O)c2ccccc2)CN1C(=O)[C@@H](NC(=O)[C@@H](NC(=O)[C@H](CCC(=O)O)NC(=O)[C@H](CCC(=O)O)NC(C)=O)C(C)C)C(C)C)C(=O)C(=O)NCC(=O)O. The van der Waals surface area contributed by atoms with E-state index in [1.807, 2.05) is 5.32 Å². The van der Waals surface area contributed by atoms with Gasteiger partial charge in [0.15, 0.2) is 0 Å². The fourth-order valence-corrected chi connectivity index (χ4v) is 8.15. The van der Waals surface area contributed by atoms with Crippen molar-refractivity contribution < 1.29 is 76.5 Å². The molecule has 1 aliphatic rings. The molecule has 10 N–H and O–H groups in total. The highest BCUT2D eigenvalue weighted by Crippen LogP contribution is 2.26. The molecule has 2 rings (SSSR count). The van der Waals surface area contributed by atoms with Crippen LogP contribution < -0.4 is 36.6 Å². The van der Waals surface area contributed by atoms with Crippen LogP contribution in [0.2, 0.25) is 0 Å². The fourth-order valence-electron chi connectivity index (χ4n) is 7.02. The van der Waals surface area contributed by atoms with Crippen LogP contribution in [-0.2, 0) is 62.8 Å². The van der Waals surface area contributed by atoms with Crippen LogP contribution in [0.1, 0.15) is 86.5 Å². The molecule has 1 aromatic rings. The third kappa shape index (κ3) is 18.4. The van der Waals surface area contributed by atoms with Gasteiger partial charge in [-0.25, -0.2) is 13.1 Å². The molecule has 0 aromatic heterocycles. The van der Waals surface area contributed by atoms with Crippen molar-refractivity contribution in [3.63, 3.8) is 0 Å². The highest BCUT2D eigenvalue weighted by molar-refractivity contribution is 7.89. The Kier molecular flexibility index (Phi) is 22.5. The number of benzene rings is 1. The van der Waals surface area contributed by atoms with E-state index in [9.17, 15) is 66.3 Å². The second-order valence-corrected chi connectivity index (χ2v) is 18.5. The minimum absolute atomic E-state index is 0.0489. The van der Waals surface area contributed by atoms with Gasteiger partial charge in [0.1, 0.15) is 36.8 Å². The summed E-state index contributed by atoms with van der Waals surface area (Å²) in [6, 6.07) is -1.31. The number of hydrogen-bond acceptors (Lipinski definition) is 13. The number of carbonyl (C=O) groups excluding carboxylic acids is 8. The molecule has 0 spiro atoms. The van der Waals surface area contributed by atoms with Gasteiger partial charge in [-0.15, -0.1) is 0 Å². The number of nitrogens with one attached hydrogen (secondary N) is 7. The van der Waals surface area contributed by atoms with E-state index in [0.717, 1.165) is 11.8 Å². The second-order valence-electron chi connectivity index (χ2n) is 16.7. The largest absolute Gasteiger partial charge is 0.481 e. The monoisotopic (exact) mass is 966 g/mol. The summed E-state index contributed by atoms with van der Waals surface area (Å²) in [7, 11) is -4.06. The lowest BCUT2D eigenvalue weighted by Gasteiger charge is -2.33. The molecule has 0 saturated carbocycles. The molecule has 0 bridgehead atoms. The average molecular weight is 967 g/mol. The zero-order valence-corrected chi connectivity index (χ0v) is 39.0. The van der Waals surface area contributed by atoms with Crippen molar-refractivity contribution in [2.75, 3.05) is 19.6 Å². The number of carboxylic acid groups (broad SMARTS) is 3. The Morgan fingerprint density at radius 3 is 1.73 bits per heavy atom. The minimum Gasteiger partial charge on any atom is -0.481 e. The van der Waals surface area contributed by atoms with E-state index in [0.29, 0.717) is 0 Å². The zero-order chi connectivity index (χ0) is 50.8. The number of aliphatic carboxylic acids is 3. The van der Waals surface area contributed by atoms with Gasteiger partial charge in [0.2, 0.25) is 51.2 Å². The number of rotatable bonds is 28. The molecule has 1 aromatic carbocycles. The topological polar surface area (TPSA) is 370 Å². The lowest BCUT2D eigenvalue weighted by atomic mass is 9.98. The van der Waals surface area contributed by atoms with E-state index in [2.05, 4.69) is 31.3 Å². The Hall–Kier alpha value is -6.50. The van der Waals surface area contributed by atoms with Gasteiger partial charge in [-0.2, -0.15) is 0 Å². The third-order valence-electron chi connectivity index (χ3n) is 10.5. The van der Waals surface area contributed by atoms with Gasteiger partial charge in [0.05, 0.1) is 10.9 Å². The summed E-state index contributed by atoms with van der Waals surface area (Å²) < 4.78 is 28.7. The van der Waals surface area contributed by atoms with Gasteiger partial charge in [0.25, 0.3) is 5.91 Å². The molecule has 24 nitrogen and oxygen atoms in total. The van der Waals surface area contributed by atoms with Crippen LogP contribution in [0, 0.1) is 17.8 Å². The number of amides is 7. The predicted molar refractivity (Wildman–Crippen MR) is 235 cm³/mol. The van der Waals surface area contributed by atoms with Crippen LogP contribution in [0.4, 0.5) is 0 Å². The lowest BCUT2D eigenvalue weighted by molar-refractivity contribution is -0.145. The number of carbonyl (C=O) groups is 11. The van der Waals surface area contributed by atoms with E-state index >= 15 is 0 Å². The summed E-state index contributed by atoms with van der Waals surface area (Å²) in [6.07, 6.45) is -1.96. The van der Waals surface area contributed by atoms with Crippen molar-refractivity contribution in [2.24, 2.45) is 17.8 Å². The maximum atomic E-state index is 14.6. The molecule has 1 heterocycles. The van der Waals surface area contributed by atoms with Gasteiger partial charge in [-0.3, -0.25) is 52.7 Å². The van der Waals surface area contributed by atoms with Crippen LogP contribution >= 0.6 is 0 Å². The average Bonchev–Trinajstić information content (AvgIpc) is 3.69. The highest BCUT2D eigenvalue weighted by Gasteiger charge is 2.45. The predicted octanol–water partition coefficient (Wildman–Crippen LogP) is -1.76. The first kappa shape index (κ1) is 56.6. The van der Waals surface area contributed by atoms with Gasteiger partial charge in [-0.1, -0.05) is 59.2 Å². The Bertz CT molecular complexity index is 2100. The summed E-state index contributed by atoms with van der Waals surface area (Å²) in [5.41, 5.74) is 0. The fraction of sp³-hybridized carbons (Fsp3) is 0.595. The van der Waals surface area contributed by atoms with E-state index in [1.165, 1.54) is 38.1 Å². The third-order valence-corrected chi connectivity index (χ3v) is 12.0. The molecule has 25 heteroatoms. The highest BCUT2D eigenvalue weighted by atomic mass is 32.2. The zero-order valence-electron chi connectivity index (χ0n) is 38.2. The molecular weight excluding hydrogens is 905 g/mol. The van der Waals surface area contributed by atoms with E-state index in [4.69, 9.17) is 10.2 Å². The quantitative estimate of drug-likeness (QED) is 0.0416. The van der Waals surface area contributed by atoms with Gasteiger partial charge in [-0.05, 0) is 55.6 Å². The molecular formula is C42H62N8O16S. The number of Topliss-reactive ketones (excluding diaryl/α,β-unsaturated/α-hetero) is 1. The standard InChI is InChI=1S/C42H62N8O16S/c1-7-11-27(36(58)41(63)43-20-33(56)57)46-39(61)30-18-25(19-44-67(65,66)26-12-9-8-10-13-26)21-50(30)42(64)35(23(4)5)49-40(62)34(22(2)3)48-38(60)29(15-17-32(54)55)47-37(59)28(45-24(6)51)14-16-31(52)53/h8-10,12-13,22-23,25,27-30,34-35,44H,7,11,14-21H2,1-6H3,(H,43,63)(H,45,51)(H,46,61)(H,47,59)(H,48,60)(H,49,62)(H,52,53)(H,54,55)(H,56,57)/t25-,27-,28-,29-,30-,34-,35-/m0/s1. The van der Waals surface area contributed by atoms with E-state index < -0.39 is 155 Å². The molecule has 0 radical (unpaired) electrons. The van der Waals surface area contributed by atoms with Gasteiger partial charge >= 0.3 is 17.9 Å². The second kappa shape index (κ2) is 26.6. The number of likely N-dealkylation sites (tertiary alicyclic amines) is 1. The van der Waals surface area contributed by atoms with Crippen LogP contribution in [-0.4, -0.2) is 150 Å².